The Hall–Kier alpha value is -1.07. The van der Waals surface area contributed by atoms with Crippen molar-refractivity contribution in [2.24, 2.45) is 5.41 Å². The molecular formula is C16H26N2O2S. The standard InChI is InChI=1S/C16H26N2O2S/c1-3-13-7-8-14(11-15(13)17)21(19,20)18-12-16(4-2)9-5-6-10-16/h7-8,11,18H,3-6,9-10,12,17H2,1-2H3. The van der Waals surface area contributed by atoms with Crippen LogP contribution >= 0.6 is 0 Å². The highest BCUT2D eigenvalue weighted by molar-refractivity contribution is 7.89. The van der Waals surface area contributed by atoms with Gasteiger partial charge in [-0.3, -0.25) is 0 Å². The third kappa shape index (κ3) is 3.58. The van der Waals surface area contributed by atoms with Gasteiger partial charge < -0.3 is 5.73 Å². The number of nitrogen functional groups attached to an aromatic ring is 1. The third-order valence-electron chi connectivity index (χ3n) is 4.86. The van der Waals surface area contributed by atoms with E-state index in [1.165, 1.54) is 12.8 Å². The Morgan fingerprint density at radius 1 is 1.24 bits per heavy atom. The first-order chi connectivity index (χ1) is 9.92. The van der Waals surface area contributed by atoms with E-state index in [0.29, 0.717) is 12.2 Å². The predicted octanol–water partition coefficient (Wildman–Crippen LogP) is 3.08. The summed E-state index contributed by atoms with van der Waals surface area (Å²) < 4.78 is 27.7. The molecule has 0 heterocycles. The largest absolute Gasteiger partial charge is 0.398 e. The van der Waals surface area contributed by atoms with Crippen LogP contribution in [0.2, 0.25) is 0 Å². The quantitative estimate of drug-likeness (QED) is 0.793. The molecule has 1 aromatic rings. The molecule has 1 aromatic carbocycles. The van der Waals surface area contributed by atoms with Crippen molar-refractivity contribution in [2.75, 3.05) is 12.3 Å². The van der Waals surface area contributed by atoms with Gasteiger partial charge in [0.25, 0.3) is 0 Å². The lowest BCUT2D eigenvalue weighted by Crippen LogP contribution is -2.35. The Morgan fingerprint density at radius 2 is 1.90 bits per heavy atom. The van der Waals surface area contributed by atoms with Crippen molar-refractivity contribution in [3.8, 4) is 0 Å². The molecule has 0 aromatic heterocycles. The van der Waals surface area contributed by atoms with Crippen LogP contribution in [0.4, 0.5) is 5.69 Å². The first-order valence-electron chi connectivity index (χ1n) is 7.80. The van der Waals surface area contributed by atoms with E-state index in [1.807, 2.05) is 6.92 Å². The average Bonchev–Trinajstić information content (AvgIpc) is 2.95. The summed E-state index contributed by atoms with van der Waals surface area (Å²) in [5, 5.41) is 0. The summed E-state index contributed by atoms with van der Waals surface area (Å²) in [7, 11) is -3.47. The highest BCUT2D eigenvalue weighted by Crippen LogP contribution is 2.40. The van der Waals surface area contributed by atoms with Crippen LogP contribution in [0, 0.1) is 5.41 Å². The lowest BCUT2D eigenvalue weighted by Gasteiger charge is -2.27. The molecule has 1 aliphatic carbocycles. The Bertz CT molecular complexity index is 590. The van der Waals surface area contributed by atoms with Gasteiger partial charge in [-0.15, -0.1) is 0 Å². The molecule has 0 atom stereocenters. The molecule has 1 aliphatic rings. The molecule has 0 aliphatic heterocycles. The van der Waals surface area contributed by atoms with E-state index >= 15 is 0 Å². The number of hydrogen-bond donors (Lipinski definition) is 2. The van der Waals surface area contributed by atoms with E-state index in [9.17, 15) is 8.42 Å². The van der Waals surface area contributed by atoms with Crippen LogP contribution in [0.25, 0.3) is 0 Å². The molecule has 2 rings (SSSR count). The Labute approximate surface area is 128 Å². The van der Waals surface area contributed by atoms with Gasteiger partial charge in [-0.25, -0.2) is 13.1 Å². The Balaban J connectivity index is 2.13. The molecule has 5 heteroatoms. The number of aryl methyl sites for hydroxylation is 1. The second-order valence-corrected chi connectivity index (χ2v) is 7.87. The van der Waals surface area contributed by atoms with Crippen LogP contribution in [0.5, 0.6) is 0 Å². The summed E-state index contributed by atoms with van der Waals surface area (Å²) in [5.74, 6) is 0. The molecule has 21 heavy (non-hydrogen) atoms. The maximum atomic E-state index is 12.4. The van der Waals surface area contributed by atoms with Crippen LogP contribution in [0.1, 0.15) is 51.5 Å². The van der Waals surface area contributed by atoms with Crippen LogP contribution in [-0.2, 0) is 16.4 Å². The van der Waals surface area contributed by atoms with E-state index < -0.39 is 10.0 Å². The van der Waals surface area contributed by atoms with Crippen molar-refractivity contribution in [3.05, 3.63) is 23.8 Å². The lowest BCUT2D eigenvalue weighted by atomic mass is 9.84. The molecular weight excluding hydrogens is 284 g/mol. The van der Waals surface area contributed by atoms with E-state index in [2.05, 4.69) is 11.6 Å². The highest BCUT2D eigenvalue weighted by Gasteiger charge is 2.33. The molecule has 3 N–H and O–H groups in total. The fraction of sp³-hybridized carbons (Fsp3) is 0.625. The normalized spacial score (nSPS) is 18.0. The van der Waals surface area contributed by atoms with Crippen molar-refractivity contribution in [1.29, 1.82) is 0 Å². The van der Waals surface area contributed by atoms with Crippen LogP contribution in [0.15, 0.2) is 23.1 Å². The van der Waals surface area contributed by atoms with Gasteiger partial charge in [0, 0.05) is 12.2 Å². The van der Waals surface area contributed by atoms with Gasteiger partial charge >= 0.3 is 0 Å². The molecule has 0 unspecified atom stereocenters. The van der Waals surface area contributed by atoms with E-state index in [4.69, 9.17) is 5.73 Å². The molecule has 0 radical (unpaired) electrons. The number of nitrogens with two attached hydrogens (primary N) is 1. The molecule has 4 nitrogen and oxygen atoms in total. The topological polar surface area (TPSA) is 72.2 Å². The molecule has 0 bridgehead atoms. The van der Waals surface area contributed by atoms with Crippen molar-refractivity contribution in [3.63, 3.8) is 0 Å². The summed E-state index contributed by atoms with van der Waals surface area (Å²) in [6.07, 6.45) is 6.46. The van der Waals surface area contributed by atoms with E-state index in [1.54, 1.807) is 18.2 Å². The Morgan fingerprint density at radius 3 is 2.43 bits per heavy atom. The van der Waals surface area contributed by atoms with Crippen molar-refractivity contribution in [1.82, 2.24) is 4.72 Å². The molecule has 1 fully saturated rings. The van der Waals surface area contributed by atoms with Crippen molar-refractivity contribution < 1.29 is 8.42 Å². The Kier molecular flexibility index (Phi) is 4.94. The van der Waals surface area contributed by atoms with Crippen molar-refractivity contribution in [2.45, 2.75) is 57.3 Å². The number of anilines is 1. The number of hydrogen-bond acceptors (Lipinski definition) is 3. The first kappa shape index (κ1) is 16.3. The number of nitrogens with one attached hydrogen (secondary N) is 1. The second-order valence-electron chi connectivity index (χ2n) is 6.10. The summed E-state index contributed by atoms with van der Waals surface area (Å²) in [6.45, 7) is 4.68. The van der Waals surface area contributed by atoms with Gasteiger partial charge in [-0.05, 0) is 48.8 Å². The van der Waals surface area contributed by atoms with Crippen LogP contribution in [-0.4, -0.2) is 15.0 Å². The number of benzene rings is 1. The molecule has 118 valence electrons. The van der Waals surface area contributed by atoms with Gasteiger partial charge in [0.05, 0.1) is 4.90 Å². The van der Waals surface area contributed by atoms with Gasteiger partial charge in [0.2, 0.25) is 10.0 Å². The minimum atomic E-state index is -3.47. The minimum Gasteiger partial charge on any atom is -0.398 e. The minimum absolute atomic E-state index is 0.141. The first-order valence-corrected chi connectivity index (χ1v) is 9.29. The van der Waals surface area contributed by atoms with Gasteiger partial charge in [0.1, 0.15) is 0 Å². The fourth-order valence-electron chi connectivity index (χ4n) is 3.17. The second kappa shape index (κ2) is 6.36. The maximum absolute atomic E-state index is 12.4. The zero-order chi connectivity index (χ0) is 15.5. The van der Waals surface area contributed by atoms with E-state index in [-0.39, 0.29) is 10.3 Å². The van der Waals surface area contributed by atoms with Crippen LogP contribution < -0.4 is 10.5 Å². The SMILES string of the molecule is CCc1ccc(S(=O)(=O)NCC2(CC)CCCC2)cc1N. The lowest BCUT2D eigenvalue weighted by molar-refractivity contribution is 0.285. The van der Waals surface area contributed by atoms with Crippen LogP contribution in [0.3, 0.4) is 0 Å². The van der Waals surface area contributed by atoms with Gasteiger partial charge in [-0.1, -0.05) is 32.8 Å². The van der Waals surface area contributed by atoms with Gasteiger partial charge in [0.15, 0.2) is 0 Å². The molecule has 0 amide bonds. The number of sulfonamides is 1. The highest BCUT2D eigenvalue weighted by atomic mass is 32.2. The number of rotatable bonds is 6. The smallest absolute Gasteiger partial charge is 0.240 e. The maximum Gasteiger partial charge on any atom is 0.240 e. The third-order valence-corrected chi connectivity index (χ3v) is 6.26. The summed E-state index contributed by atoms with van der Waals surface area (Å²) in [6, 6.07) is 5.01. The molecule has 0 spiro atoms. The van der Waals surface area contributed by atoms with Gasteiger partial charge in [-0.2, -0.15) is 0 Å². The molecule has 1 saturated carbocycles. The predicted molar refractivity (Wildman–Crippen MR) is 86.6 cm³/mol. The fourth-order valence-corrected chi connectivity index (χ4v) is 4.37. The molecule has 0 saturated heterocycles. The monoisotopic (exact) mass is 310 g/mol. The zero-order valence-corrected chi connectivity index (χ0v) is 13.8. The average molecular weight is 310 g/mol. The summed E-state index contributed by atoms with van der Waals surface area (Å²) in [5.41, 5.74) is 7.58. The van der Waals surface area contributed by atoms with Crippen molar-refractivity contribution >= 4 is 15.7 Å². The van der Waals surface area contributed by atoms with E-state index in [0.717, 1.165) is 31.2 Å². The summed E-state index contributed by atoms with van der Waals surface area (Å²) in [4.78, 5) is 0.265. The summed E-state index contributed by atoms with van der Waals surface area (Å²) >= 11 is 0. The zero-order valence-electron chi connectivity index (χ0n) is 13.0.